The summed E-state index contributed by atoms with van der Waals surface area (Å²) < 4.78 is 2.68. The monoisotopic (exact) mass is 377 g/mol. The minimum Gasteiger partial charge on any atom is -0.380 e. The van der Waals surface area contributed by atoms with E-state index in [1.165, 1.54) is 6.33 Å². The van der Waals surface area contributed by atoms with Gasteiger partial charge in [0.05, 0.1) is 0 Å². The van der Waals surface area contributed by atoms with Crippen molar-refractivity contribution in [2.24, 2.45) is 0 Å². The van der Waals surface area contributed by atoms with Gasteiger partial charge in [0.1, 0.15) is 12.4 Å². The fraction of sp³-hybridized carbons (Fsp3) is 0.333. The van der Waals surface area contributed by atoms with Gasteiger partial charge in [-0.15, -0.1) is 0 Å². The van der Waals surface area contributed by atoms with Crippen LogP contribution in [0.25, 0.3) is 0 Å². The molecule has 1 aromatic carbocycles. The molecule has 0 fully saturated rings. The minimum absolute atomic E-state index is 0.553. The van der Waals surface area contributed by atoms with Gasteiger partial charge in [0.25, 0.3) is 0 Å². The summed E-state index contributed by atoms with van der Waals surface area (Å²) in [6.07, 6.45) is 1.60. The van der Waals surface area contributed by atoms with Gasteiger partial charge < -0.3 is 5.11 Å². The fourth-order valence-electron chi connectivity index (χ4n) is 1.73. The first-order chi connectivity index (χ1) is 8.63. The van der Waals surface area contributed by atoms with Gasteiger partial charge in [-0.3, -0.25) is 0 Å². The molecule has 18 heavy (non-hydrogen) atoms. The van der Waals surface area contributed by atoms with Gasteiger partial charge in [-0.2, -0.15) is 5.10 Å². The van der Waals surface area contributed by atoms with E-state index in [-0.39, 0.29) is 0 Å². The molecule has 1 aromatic heterocycles. The highest BCUT2D eigenvalue weighted by atomic mass is 127. The largest absolute Gasteiger partial charge is 0.380 e. The number of aliphatic hydroxyl groups excluding tert-OH is 1. The summed E-state index contributed by atoms with van der Waals surface area (Å²) in [6, 6.07) is 5.44. The summed E-state index contributed by atoms with van der Waals surface area (Å²) in [4.78, 5) is 4.14. The van der Waals surface area contributed by atoms with Gasteiger partial charge in [-0.05, 0) is 47.2 Å². The molecule has 4 nitrogen and oxygen atoms in total. The standard InChI is InChI=1S/C12H13ClIN3O/c1-2-5-17-12(15-7-16-17)11(18)9-6-8(13)3-4-10(9)14/h3-4,6-7,11,18H,2,5H2,1H3. The molecular weight excluding hydrogens is 365 g/mol. The van der Waals surface area contributed by atoms with Crippen LogP contribution in [0.15, 0.2) is 24.5 Å². The summed E-state index contributed by atoms with van der Waals surface area (Å²) in [6.45, 7) is 2.80. The van der Waals surface area contributed by atoms with E-state index < -0.39 is 6.10 Å². The number of halogens is 2. The van der Waals surface area contributed by atoms with Crippen LogP contribution in [-0.4, -0.2) is 19.9 Å². The third-order valence-electron chi connectivity index (χ3n) is 2.58. The van der Waals surface area contributed by atoms with Crippen molar-refractivity contribution in [3.8, 4) is 0 Å². The molecule has 0 amide bonds. The Morgan fingerprint density at radius 1 is 1.50 bits per heavy atom. The van der Waals surface area contributed by atoms with E-state index in [0.717, 1.165) is 22.1 Å². The highest BCUT2D eigenvalue weighted by molar-refractivity contribution is 14.1. The average Bonchev–Trinajstić information content (AvgIpc) is 2.80. The van der Waals surface area contributed by atoms with Crippen molar-refractivity contribution < 1.29 is 5.11 Å². The topological polar surface area (TPSA) is 50.9 Å². The highest BCUT2D eigenvalue weighted by Crippen LogP contribution is 2.27. The molecule has 0 saturated heterocycles. The van der Waals surface area contributed by atoms with Crippen LogP contribution in [0.5, 0.6) is 0 Å². The molecule has 0 spiro atoms. The zero-order chi connectivity index (χ0) is 13.1. The lowest BCUT2D eigenvalue weighted by molar-refractivity contribution is 0.201. The summed E-state index contributed by atoms with van der Waals surface area (Å²) in [7, 11) is 0. The second kappa shape index (κ2) is 5.99. The molecule has 0 aliphatic carbocycles. The number of benzene rings is 1. The Bertz CT molecular complexity index is 544. The van der Waals surface area contributed by atoms with Crippen molar-refractivity contribution in [1.29, 1.82) is 0 Å². The van der Waals surface area contributed by atoms with Gasteiger partial charge in [0.15, 0.2) is 5.82 Å². The Hall–Kier alpha value is -0.660. The highest BCUT2D eigenvalue weighted by Gasteiger charge is 2.19. The first-order valence-electron chi connectivity index (χ1n) is 5.64. The van der Waals surface area contributed by atoms with Crippen molar-refractivity contribution in [3.63, 3.8) is 0 Å². The molecule has 0 saturated carbocycles. The van der Waals surface area contributed by atoms with E-state index in [9.17, 15) is 5.11 Å². The molecule has 2 aromatic rings. The van der Waals surface area contributed by atoms with Crippen molar-refractivity contribution in [2.75, 3.05) is 0 Å². The summed E-state index contributed by atoms with van der Waals surface area (Å²) >= 11 is 8.14. The first-order valence-corrected chi connectivity index (χ1v) is 7.10. The van der Waals surface area contributed by atoms with Crippen molar-refractivity contribution in [1.82, 2.24) is 14.8 Å². The number of aromatic nitrogens is 3. The van der Waals surface area contributed by atoms with Crippen molar-refractivity contribution in [3.05, 3.63) is 44.5 Å². The molecule has 1 atom stereocenters. The number of aliphatic hydroxyl groups is 1. The third-order valence-corrected chi connectivity index (χ3v) is 3.80. The SMILES string of the molecule is CCCn1ncnc1C(O)c1cc(Cl)ccc1I. The molecule has 0 bridgehead atoms. The van der Waals surface area contributed by atoms with Crippen molar-refractivity contribution >= 4 is 34.2 Å². The van der Waals surface area contributed by atoms with E-state index in [0.29, 0.717) is 10.8 Å². The van der Waals surface area contributed by atoms with Gasteiger partial charge in [-0.1, -0.05) is 18.5 Å². The zero-order valence-electron chi connectivity index (χ0n) is 9.85. The van der Waals surface area contributed by atoms with E-state index in [4.69, 9.17) is 11.6 Å². The van der Waals surface area contributed by atoms with E-state index in [2.05, 4.69) is 39.6 Å². The fourth-order valence-corrected chi connectivity index (χ4v) is 2.54. The van der Waals surface area contributed by atoms with Crippen molar-refractivity contribution in [2.45, 2.75) is 26.0 Å². The number of rotatable bonds is 4. The molecule has 0 aliphatic rings. The lowest BCUT2D eigenvalue weighted by atomic mass is 10.1. The van der Waals surface area contributed by atoms with Gasteiger partial charge >= 0.3 is 0 Å². The van der Waals surface area contributed by atoms with Gasteiger partial charge in [-0.25, -0.2) is 9.67 Å². The van der Waals surface area contributed by atoms with E-state index >= 15 is 0 Å². The maximum Gasteiger partial charge on any atom is 0.160 e. The average molecular weight is 378 g/mol. The Balaban J connectivity index is 2.38. The lowest BCUT2D eigenvalue weighted by Gasteiger charge is -2.13. The smallest absolute Gasteiger partial charge is 0.160 e. The summed E-state index contributed by atoms with van der Waals surface area (Å²) in [5.74, 6) is 0.553. The van der Waals surface area contributed by atoms with Crippen LogP contribution in [0.1, 0.15) is 30.8 Å². The molecule has 0 radical (unpaired) electrons. The normalized spacial score (nSPS) is 12.7. The second-order valence-corrected chi connectivity index (χ2v) is 5.51. The lowest BCUT2D eigenvalue weighted by Crippen LogP contribution is -2.12. The number of aryl methyl sites for hydroxylation is 1. The van der Waals surface area contributed by atoms with Crippen LogP contribution in [0.2, 0.25) is 5.02 Å². The van der Waals surface area contributed by atoms with Gasteiger partial charge in [0, 0.05) is 20.7 Å². The Kier molecular flexibility index (Phi) is 4.58. The molecule has 6 heteroatoms. The number of hydrogen-bond acceptors (Lipinski definition) is 3. The van der Waals surface area contributed by atoms with Crippen LogP contribution in [0, 0.1) is 3.57 Å². The Morgan fingerprint density at radius 2 is 2.28 bits per heavy atom. The predicted molar refractivity (Wildman–Crippen MR) is 78.5 cm³/mol. The molecule has 1 heterocycles. The quantitative estimate of drug-likeness (QED) is 0.833. The van der Waals surface area contributed by atoms with Crippen LogP contribution < -0.4 is 0 Å². The van der Waals surface area contributed by atoms with E-state index in [1.54, 1.807) is 16.8 Å². The zero-order valence-corrected chi connectivity index (χ0v) is 12.8. The maximum absolute atomic E-state index is 10.4. The molecule has 1 unspecified atom stereocenters. The number of nitrogens with zero attached hydrogens (tertiary/aromatic N) is 3. The van der Waals surface area contributed by atoms with Crippen LogP contribution in [0.3, 0.4) is 0 Å². The van der Waals surface area contributed by atoms with Gasteiger partial charge in [0.2, 0.25) is 0 Å². The molecule has 96 valence electrons. The van der Waals surface area contributed by atoms with Crippen LogP contribution in [-0.2, 0) is 6.54 Å². The van der Waals surface area contributed by atoms with Crippen LogP contribution in [0.4, 0.5) is 0 Å². The first kappa shape index (κ1) is 13.8. The Labute approximate surface area is 124 Å². The second-order valence-electron chi connectivity index (χ2n) is 3.91. The molecular formula is C12H13ClIN3O. The minimum atomic E-state index is -0.801. The summed E-state index contributed by atoms with van der Waals surface area (Å²) in [5.41, 5.74) is 0.758. The Morgan fingerprint density at radius 3 is 3.00 bits per heavy atom. The van der Waals surface area contributed by atoms with Crippen LogP contribution >= 0.6 is 34.2 Å². The predicted octanol–water partition coefficient (Wildman–Crippen LogP) is 3.03. The third kappa shape index (κ3) is 2.84. The van der Waals surface area contributed by atoms with E-state index in [1.807, 2.05) is 6.07 Å². The molecule has 0 aliphatic heterocycles. The maximum atomic E-state index is 10.4. The molecule has 1 N–H and O–H groups in total. The molecule has 2 rings (SSSR count). The number of hydrogen-bond donors (Lipinski definition) is 1. The summed E-state index contributed by atoms with van der Waals surface area (Å²) in [5, 5.41) is 15.1.